The van der Waals surface area contributed by atoms with E-state index < -0.39 is 23.5 Å². The van der Waals surface area contributed by atoms with Crippen molar-refractivity contribution >= 4 is 39.5 Å². The van der Waals surface area contributed by atoms with Crippen LogP contribution >= 0.6 is 8.95 Å². The van der Waals surface area contributed by atoms with E-state index >= 15 is 0 Å². The van der Waals surface area contributed by atoms with Crippen LogP contribution in [0.2, 0.25) is 0 Å². The number of hydrogen-bond acceptors (Lipinski definition) is 4. The third-order valence-electron chi connectivity index (χ3n) is 3.96. The van der Waals surface area contributed by atoms with Crippen LogP contribution in [-0.4, -0.2) is 34.2 Å². The van der Waals surface area contributed by atoms with Crippen molar-refractivity contribution in [2.24, 2.45) is 5.73 Å². The average Bonchev–Trinajstić information content (AvgIpc) is 2.54. The number of benzene rings is 2. The molecular formula is C17H19NO2SSn. The summed E-state index contributed by atoms with van der Waals surface area (Å²) < 4.78 is 8.07. The molecule has 1 saturated heterocycles. The third-order valence-corrected chi connectivity index (χ3v) is 23.4. The molecule has 1 fully saturated rings. The van der Waals surface area contributed by atoms with Gasteiger partial charge < -0.3 is 0 Å². The molecule has 2 aromatic carbocycles. The zero-order valence-electron chi connectivity index (χ0n) is 12.7. The second kappa shape index (κ2) is 5.90. The molecule has 0 aliphatic carbocycles. The van der Waals surface area contributed by atoms with Gasteiger partial charge in [-0.3, -0.25) is 0 Å². The van der Waals surface area contributed by atoms with E-state index in [1.54, 1.807) is 8.95 Å². The van der Waals surface area contributed by atoms with E-state index in [1.165, 1.54) is 0 Å². The second-order valence-electron chi connectivity index (χ2n) is 5.95. The molecular weight excluding hydrogens is 401 g/mol. The summed E-state index contributed by atoms with van der Waals surface area (Å²) in [5.41, 5.74) is 6.07. The number of hydrogen-bond donors (Lipinski definition) is 1. The Balaban J connectivity index is 2.19. The molecule has 3 nitrogen and oxygen atoms in total. The summed E-state index contributed by atoms with van der Waals surface area (Å²) in [4.78, 5) is 12.5. The summed E-state index contributed by atoms with van der Waals surface area (Å²) in [6.07, 6.45) is 0. The first-order valence-electron chi connectivity index (χ1n) is 7.25. The minimum absolute atomic E-state index is 0.271. The fourth-order valence-electron chi connectivity index (χ4n) is 2.66. The van der Waals surface area contributed by atoms with Crippen LogP contribution in [0.15, 0.2) is 60.7 Å². The van der Waals surface area contributed by atoms with Crippen LogP contribution in [0.1, 0.15) is 13.8 Å². The second-order valence-corrected chi connectivity index (χ2v) is 20.2. The number of nitrogens with two attached hydrogens (primary N) is 1. The van der Waals surface area contributed by atoms with Crippen molar-refractivity contribution < 1.29 is 7.87 Å². The van der Waals surface area contributed by atoms with Crippen molar-refractivity contribution in [2.45, 2.75) is 24.6 Å². The molecule has 0 aromatic heterocycles. The predicted octanol–water partition coefficient (Wildman–Crippen LogP) is 1.64. The molecule has 2 N–H and O–H groups in total. The zero-order chi connectivity index (χ0) is 15.8. The number of carbonyl (C=O) groups excluding carboxylic acids is 1. The molecule has 3 rings (SSSR count). The van der Waals surface area contributed by atoms with Gasteiger partial charge in [-0.15, -0.1) is 0 Å². The Bertz CT molecular complexity index is 636. The molecule has 1 aliphatic rings. The quantitative estimate of drug-likeness (QED) is 0.752. The third kappa shape index (κ3) is 2.68. The van der Waals surface area contributed by atoms with Crippen LogP contribution in [0.5, 0.6) is 0 Å². The Kier molecular flexibility index (Phi) is 4.27. The summed E-state index contributed by atoms with van der Waals surface area (Å²) >= 11 is -3.62. The van der Waals surface area contributed by atoms with E-state index in [-0.39, 0.29) is 10.7 Å². The molecule has 0 unspecified atom stereocenters. The Morgan fingerprint density at radius 2 is 1.45 bits per heavy atom. The van der Waals surface area contributed by atoms with E-state index in [1.807, 2.05) is 50.2 Å². The molecule has 5 heteroatoms. The van der Waals surface area contributed by atoms with Crippen molar-refractivity contribution in [1.82, 2.24) is 0 Å². The first-order valence-corrected chi connectivity index (χ1v) is 15.6. The number of carbonyl (C=O) groups is 1. The fourth-order valence-corrected chi connectivity index (χ4v) is 22.5. The summed E-state index contributed by atoms with van der Waals surface area (Å²) in [7, 11) is 1.80. The van der Waals surface area contributed by atoms with Gasteiger partial charge in [-0.1, -0.05) is 0 Å². The molecule has 0 saturated carbocycles. The zero-order valence-corrected chi connectivity index (χ0v) is 16.3. The maximum atomic E-state index is 12.5. The minimum atomic E-state index is -3.62. The summed E-state index contributed by atoms with van der Waals surface area (Å²) in [6, 6.07) is 19.7. The molecule has 0 amide bonds. The van der Waals surface area contributed by atoms with E-state index in [0.29, 0.717) is 0 Å². The van der Waals surface area contributed by atoms with Gasteiger partial charge in [0.25, 0.3) is 0 Å². The van der Waals surface area contributed by atoms with Crippen molar-refractivity contribution in [3.05, 3.63) is 60.7 Å². The molecule has 0 radical (unpaired) electrons. The monoisotopic (exact) mass is 421 g/mol. The molecule has 2 aromatic rings. The van der Waals surface area contributed by atoms with Gasteiger partial charge in [-0.25, -0.2) is 0 Å². The molecule has 22 heavy (non-hydrogen) atoms. The normalized spacial score (nSPS) is 22.9. The van der Waals surface area contributed by atoms with Crippen molar-refractivity contribution in [3.63, 3.8) is 0 Å². The van der Waals surface area contributed by atoms with Gasteiger partial charge in [0.15, 0.2) is 0 Å². The van der Waals surface area contributed by atoms with E-state index in [0.717, 1.165) is 7.16 Å². The van der Waals surface area contributed by atoms with Crippen LogP contribution in [0, 0.1) is 0 Å². The summed E-state index contributed by atoms with van der Waals surface area (Å²) in [5, 5.41) is 0. The molecule has 1 aliphatic heterocycles. The van der Waals surface area contributed by atoms with Crippen molar-refractivity contribution in [1.29, 1.82) is 0 Å². The molecule has 0 spiro atoms. The van der Waals surface area contributed by atoms with E-state index in [4.69, 9.17) is 8.81 Å². The topological polar surface area (TPSA) is 52.3 Å². The van der Waals surface area contributed by atoms with Crippen LogP contribution in [-0.2, 0) is 7.87 Å². The summed E-state index contributed by atoms with van der Waals surface area (Å²) in [6.45, 7) is 4.08. The Morgan fingerprint density at radius 1 is 1.00 bits per heavy atom. The van der Waals surface area contributed by atoms with Crippen LogP contribution in [0.25, 0.3) is 0 Å². The number of rotatable bonds is 2. The van der Waals surface area contributed by atoms with Gasteiger partial charge in [0.05, 0.1) is 0 Å². The molecule has 114 valence electrons. The van der Waals surface area contributed by atoms with Crippen molar-refractivity contribution in [3.8, 4) is 0 Å². The van der Waals surface area contributed by atoms with Gasteiger partial charge in [0.1, 0.15) is 0 Å². The van der Waals surface area contributed by atoms with Crippen molar-refractivity contribution in [2.75, 3.05) is 0 Å². The Morgan fingerprint density at radius 3 is 1.86 bits per heavy atom. The molecule has 1 heterocycles. The average molecular weight is 420 g/mol. The van der Waals surface area contributed by atoms with Crippen LogP contribution < -0.4 is 12.9 Å². The van der Waals surface area contributed by atoms with Gasteiger partial charge >= 0.3 is 138 Å². The predicted molar refractivity (Wildman–Crippen MR) is 93.6 cm³/mol. The van der Waals surface area contributed by atoms with Gasteiger partial charge in [-0.05, 0) is 0 Å². The van der Waals surface area contributed by atoms with E-state index in [9.17, 15) is 4.79 Å². The van der Waals surface area contributed by atoms with E-state index in [2.05, 4.69) is 24.3 Å². The standard InChI is InChI=1S/2C6H5.C5H11NO2S.Sn/c2*1-2-4-6-5-3-1;1-5(2,9)3(6)4(7)8;/h2*1-5H;3,9H,6H2,1-2H3,(H,7,8);/q;;;+2/p-2/t;;3-;/m..0./s1. The van der Waals surface area contributed by atoms with Crippen LogP contribution in [0.4, 0.5) is 0 Å². The maximum absolute atomic E-state index is 12.5. The Hall–Kier alpha value is -0.981. The van der Waals surface area contributed by atoms with Gasteiger partial charge in [-0.2, -0.15) is 0 Å². The van der Waals surface area contributed by atoms with Gasteiger partial charge in [0, 0.05) is 0 Å². The van der Waals surface area contributed by atoms with Gasteiger partial charge in [0.2, 0.25) is 0 Å². The molecule has 0 bridgehead atoms. The molecule has 1 atom stereocenters. The Labute approximate surface area is 138 Å². The fraction of sp³-hybridized carbons (Fsp3) is 0.235. The van der Waals surface area contributed by atoms with Crippen LogP contribution in [0.3, 0.4) is 0 Å². The first kappa shape index (κ1) is 15.9. The summed E-state index contributed by atoms with van der Waals surface area (Å²) in [5.74, 6) is -0.271. The first-order chi connectivity index (χ1) is 10.5. The SMILES string of the molecule is CC1(C)[S][Sn]([c]2ccccc2)([c]2ccccc2)[O]C(=O)[C@@H]1N.